The lowest BCUT2D eigenvalue weighted by Crippen LogP contribution is -2.23. The molecule has 0 bridgehead atoms. The van der Waals surface area contributed by atoms with Crippen molar-refractivity contribution >= 4 is 22.7 Å². The number of aryl methyl sites for hydroxylation is 1. The fourth-order valence-corrected chi connectivity index (χ4v) is 3.94. The van der Waals surface area contributed by atoms with Gasteiger partial charge in [0.2, 0.25) is 5.89 Å². The van der Waals surface area contributed by atoms with E-state index in [0.717, 1.165) is 5.56 Å². The van der Waals surface area contributed by atoms with Gasteiger partial charge in [-0.25, -0.2) is 14.5 Å². The number of aromatic nitrogens is 5. The van der Waals surface area contributed by atoms with Crippen molar-refractivity contribution in [3.05, 3.63) is 70.2 Å². The van der Waals surface area contributed by atoms with Crippen molar-refractivity contribution in [1.82, 2.24) is 24.7 Å². The minimum atomic E-state index is -0.208. The number of fused-ring (bicyclic) bond motifs is 1. The van der Waals surface area contributed by atoms with Gasteiger partial charge in [0.1, 0.15) is 5.82 Å². The quantitative estimate of drug-likeness (QED) is 0.351. The van der Waals surface area contributed by atoms with Gasteiger partial charge in [-0.2, -0.15) is 4.98 Å². The Morgan fingerprint density at radius 3 is 2.57 bits per heavy atom. The van der Waals surface area contributed by atoms with Gasteiger partial charge in [0.25, 0.3) is 5.56 Å². The maximum atomic E-state index is 13.4. The van der Waals surface area contributed by atoms with Crippen LogP contribution in [-0.4, -0.2) is 24.7 Å². The van der Waals surface area contributed by atoms with Gasteiger partial charge in [-0.15, -0.1) is 0 Å². The molecular weight excluding hydrogens is 398 g/mol. The highest BCUT2D eigenvalue weighted by atomic mass is 32.2. The van der Waals surface area contributed by atoms with E-state index < -0.39 is 0 Å². The van der Waals surface area contributed by atoms with Crippen LogP contribution < -0.4 is 5.56 Å². The largest absolute Gasteiger partial charge is 0.338 e. The van der Waals surface area contributed by atoms with Gasteiger partial charge >= 0.3 is 0 Å². The van der Waals surface area contributed by atoms with Crippen LogP contribution in [0.2, 0.25) is 0 Å². The van der Waals surface area contributed by atoms with E-state index in [-0.39, 0.29) is 16.2 Å². The van der Waals surface area contributed by atoms with Crippen LogP contribution in [0.5, 0.6) is 0 Å². The van der Waals surface area contributed by atoms with E-state index in [4.69, 9.17) is 9.51 Å². The second-order valence-corrected chi connectivity index (χ2v) is 9.47. The van der Waals surface area contributed by atoms with Crippen LogP contribution in [0.15, 0.2) is 57.1 Å². The summed E-state index contributed by atoms with van der Waals surface area (Å²) in [7, 11) is 0. The Kier molecular flexibility index (Phi) is 5.19. The first-order chi connectivity index (χ1) is 14.3. The summed E-state index contributed by atoms with van der Waals surface area (Å²) in [6, 6.07) is 11.1. The molecule has 0 radical (unpaired) electrons. The summed E-state index contributed by atoms with van der Waals surface area (Å²) in [4.78, 5) is 27.1. The Bertz CT molecular complexity index is 1270. The Morgan fingerprint density at radius 2 is 1.87 bits per heavy atom. The maximum absolute atomic E-state index is 13.4. The second-order valence-electron chi connectivity index (χ2n) is 8.16. The highest BCUT2D eigenvalue weighted by Crippen LogP contribution is 2.35. The fraction of sp³-hybridized carbons (Fsp3) is 0.318. The summed E-state index contributed by atoms with van der Waals surface area (Å²) >= 11 is 1.40. The number of thioether (sulfide) groups is 1. The topological polar surface area (TPSA) is 86.7 Å². The third-order valence-corrected chi connectivity index (χ3v) is 5.72. The lowest BCUT2D eigenvalue weighted by molar-refractivity contribution is 0.364. The van der Waals surface area contributed by atoms with E-state index in [1.807, 2.05) is 65.0 Å². The number of para-hydroxylation sites is 1. The lowest BCUT2D eigenvalue weighted by atomic mass is 9.96. The zero-order chi connectivity index (χ0) is 21.5. The number of nitrogens with zero attached hydrogens (tertiary/aromatic N) is 5. The Morgan fingerprint density at radius 1 is 1.10 bits per heavy atom. The molecule has 3 heterocycles. The maximum Gasteiger partial charge on any atom is 0.267 e. The van der Waals surface area contributed by atoms with Gasteiger partial charge in [0, 0.05) is 11.6 Å². The minimum Gasteiger partial charge on any atom is -0.338 e. The molecule has 0 N–H and O–H groups in total. The molecule has 0 aliphatic rings. The Labute approximate surface area is 178 Å². The van der Waals surface area contributed by atoms with Crippen LogP contribution in [0.1, 0.15) is 50.2 Å². The third-order valence-electron chi connectivity index (χ3n) is 4.68. The summed E-state index contributed by atoms with van der Waals surface area (Å²) in [6.07, 6.45) is 1.68. The molecule has 4 rings (SSSR count). The van der Waals surface area contributed by atoms with Crippen LogP contribution in [0.25, 0.3) is 16.7 Å². The van der Waals surface area contributed by atoms with E-state index in [1.54, 1.807) is 16.8 Å². The summed E-state index contributed by atoms with van der Waals surface area (Å²) in [5.74, 6) is 1.71. The highest BCUT2D eigenvalue weighted by Gasteiger charge is 2.25. The Balaban J connectivity index is 1.84. The summed E-state index contributed by atoms with van der Waals surface area (Å²) in [6.45, 7) is 9.99. The first-order valence-electron chi connectivity index (χ1n) is 9.70. The molecule has 154 valence electrons. The van der Waals surface area contributed by atoms with E-state index in [9.17, 15) is 4.79 Å². The molecule has 0 saturated heterocycles. The van der Waals surface area contributed by atoms with Crippen molar-refractivity contribution < 1.29 is 4.52 Å². The molecule has 0 spiro atoms. The normalized spacial score (nSPS) is 13.0. The predicted molar refractivity (Wildman–Crippen MR) is 117 cm³/mol. The summed E-state index contributed by atoms with van der Waals surface area (Å²) < 4.78 is 7.07. The van der Waals surface area contributed by atoms with Crippen LogP contribution in [0.4, 0.5) is 0 Å². The molecule has 4 aromatic rings. The standard InChI is InChI=1S/C22H23N5O2S/c1-13-9-8-12-23-17(13)27-19(28)15-10-6-7-11-16(15)24-21(27)30-14(2)18-25-20(26-29-18)22(3,4)5/h6-12,14H,1-5H3. The zero-order valence-corrected chi connectivity index (χ0v) is 18.4. The molecule has 0 fully saturated rings. The van der Waals surface area contributed by atoms with Crippen LogP contribution in [-0.2, 0) is 5.41 Å². The second kappa shape index (κ2) is 7.68. The zero-order valence-electron chi connectivity index (χ0n) is 17.6. The van der Waals surface area contributed by atoms with E-state index in [2.05, 4.69) is 15.1 Å². The predicted octanol–water partition coefficient (Wildman–Crippen LogP) is 4.62. The first kappa shape index (κ1) is 20.3. The van der Waals surface area contributed by atoms with Crippen molar-refractivity contribution in [3.63, 3.8) is 0 Å². The average Bonchev–Trinajstić information content (AvgIpc) is 3.20. The monoisotopic (exact) mass is 421 g/mol. The number of hydrogen-bond acceptors (Lipinski definition) is 7. The van der Waals surface area contributed by atoms with Crippen molar-refractivity contribution in [2.45, 2.75) is 50.4 Å². The molecule has 1 atom stereocenters. The highest BCUT2D eigenvalue weighted by molar-refractivity contribution is 7.99. The van der Waals surface area contributed by atoms with Crippen molar-refractivity contribution in [1.29, 1.82) is 0 Å². The molecule has 7 nitrogen and oxygen atoms in total. The number of benzene rings is 1. The Hall–Kier alpha value is -3.00. The molecule has 0 saturated carbocycles. The molecule has 3 aromatic heterocycles. The van der Waals surface area contributed by atoms with E-state index in [0.29, 0.717) is 33.6 Å². The van der Waals surface area contributed by atoms with Gasteiger partial charge in [-0.3, -0.25) is 4.79 Å². The van der Waals surface area contributed by atoms with Gasteiger partial charge in [-0.1, -0.05) is 55.9 Å². The summed E-state index contributed by atoms with van der Waals surface area (Å²) in [5, 5.41) is 4.99. The van der Waals surface area contributed by atoms with Crippen LogP contribution >= 0.6 is 11.8 Å². The molecule has 1 aromatic carbocycles. The van der Waals surface area contributed by atoms with Crippen LogP contribution in [0, 0.1) is 6.92 Å². The van der Waals surface area contributed by atoms with Gasteiger partial charge in [0.15, 0.2) is 11.0 Å². The van der Waals surface area contributed by atoms with Crippen molar-refractivity contribution in [2.75, 3.05) is 0 Å². The molecule has 0 aliphatic carbocycles. The molecule has 8 heteroatoms. The molecular formula is C22H23N5O2S. The fourth-order valence-electron chi connectivity index (χ4n) is 3.00. The number of pyridine rings is 1. The SMILES string of the molecule is Cc1cccnc1-n1c(SC(C)c2nc(C(C)(C)C)no2)nc2ccccc2c1=O. The molecule has 1 unspecified atom stereocenters. The third kappa shape index (κ3) is 3.75. The number of rotatable bonds is 4. The van der Waals surface area contributed by atoms with Crippen LogP contribution in [0.3, 0.4) is 0 Å². The van der Waals surface area contributed by atoms with Crippen molar-refractivity contribution in [2.24, 2.45) is 0 Å². The molecule has 0 amide bonds. The van der Waals surface area contributed by atoms with Gasteiger partial charge in [0.05, 0.1) is 16.2 Å². The van der Waals surface area contributed by atoms with E-state index >= 15 is 0 Å². The lowest BCUT2D eigenvalue weighted by Gasteiger charge is -2.15. The molecule has 0 aliphatic heterocycles. The van der Waals surface area contributed by atoms with E-state index in [1.165, 1.54) is 11.8 Å². The van der Waals surface area contributed by atoms with Gasteiger partial charge in [-0.05, 0) is 37.6 Å². The number of hydrogen-bond donors (Lipinski definition) is 0. The summed E-state index contributed by atoms with van der Waals surface area (Å²) in [5.41, 5.74) is 1.17. The average molecular weight is 422 g/mol. The smallest absolute Gasteiger partial charge is 0.267 e. The first-order valence-corrected chi connectivity index (χ1v) is 10.6. The van der Waals surface area contributed by atoms with Gasteiger partial charge < -0.3 is 4.52 Å². The minimum absolute atomic E-state index is 0.155. The molecule has 30 heavy (non-hydrogen) atoms. The van der Waals surface area contributed by atoms with Crippen molar-refractivity contribution in [3.8, 4) is 5.82 Å².